The fraction of sp³-hybridized carbons (Fsp3) is 0.267. The summed E-state index contributed by atoms with van der Waals surface area (Å²) < 4.78 is 0. The fourth-order valence-corrected chi connectivity index (χ4v) is 1.59. The molecule has 2 rings (SSSR count). The minimum atomic E-state index is -0.218. The maximum atomic E-state index is 11.6. The van der Waals surface area contributed by atoms with Crippen LogP contribution in [0.2, 0.25) is 0 Å². The van der Waals surface area contributed by atoms with E-state index in [9.17, 15) is 4.79 Å². The zero-order valence-electron chi connectivity index (χ0n) is 11.5. The third-order valence-electron chi connectivity index (χ3n) is 2.55. The average Bonchev–Trinajstić information content (AvgIpc) is 3.05. The van der Waals surface area contributed by atoms with Gasteiger partial charge in [0.2, 0.25) is 5.91 Å². The van der Waals surface area contributed by atoms with E-state index in [4.69, 9.17) is 0 Å². The van der Waals surface area contributed by atoms with E-state index in [1.54, 1.807) is 26.0 Å². The van der Waals surface area contributed by atoms with Gasteiger partial charge in [-0.3, -0.25) is 4.79 Å². The van der Waals surface area contributed by atoms with Gasteiger partial charge >= 0.3 is 17.1 Å². The van der Waals surface area contributed by atoms with Gasteiger partial charge in [-0.1, -0.05) is 0 Å². The van der Waals surface area contributed by atoms with Gasteiger partial charge in [0.05, 0.1) is 6.04 Å². The monoisotopic (exact) mass is 300 g/mol. The van der Waals surface area contributed by atoms with Crippen LogP contribution in [0.4, 0.5) is 0 Å². The molecular formula is C15H20FeN2O+2. The number of carbonyl (C=O) groups is 1. The Kier molecular flexibility index (Phi) is 10.7. The Hall–Kier alpha value is -0.0505. The van der Waals surface area contributed by atoms with Gasteiger partial charge in [-0.2, -0.15) is 0 Å². The molecule has 0 aliphatic heterocycles. The second-order valence-corrected chi connectivity index (χ2v) is 4.13. The molecule has 19 heavy (non-hydrogen) atoms. The van der Waals surface area contributed by atoms with Gasteiger partial charge in [0, 0.05) is 20.0 Å². The quantitative estimate of drug-likeness (QED) is 0.791. The fourth-order valence-electron chi connectivity index (χ4n) is 1.59. The molecular weight excluding hydrogens is 280 g/mol. The number of likely N-dealkylation sites (N-methyl/N-ethyl adjacent to an activating group) is 2. The summed E-state index contributed by atoms with van der Waals surface area (Å²) in [4.78, 5) is 13.2. The second-order valence-electron chi connectivity index (χ2n) is 4.13. The number of nitrogens with one attached hydrogen (secondary N) is 1. The number of amides is 1. The first-order chi connectivity index (χ1) is 8.66. The molecule has 1 unspecified atom stereocenters. The average molecular weight is 300 g/mol. The van der Waals surface area contributed by atoms with Crippen LogP contribution >= 0.6 is 0 Å². The van der Waals surface area contributed by atoms with Crippen LogP contribution in [-0.2, 0) is 21.9 Å². The summed E-state index contributed by atoms with van der Waals surface area (Å²) >= 11 is 0. The molecule has 2 aliphatic carbocycles. The number of nitrogens with zero attached hydrogens (tertiary/aromatic N) is 1. The molecule has 0 heterocycles. The van der Waals surface area contributed by atoms with Crippen molar-refractivity contribution in [1.29, 1.82) is 0 Å². The Balaban J connectivity index is 0.000000454. The summed E-state index contributed by atoms with van der Waals surface area (Å²) in [5.74, 6) is 1.09. The number of hydrogen-bond donors (Lipinski definition) is 1. The van der Waals surface area contributed by atoms with Gasteiger partial charge in [0.25, 0.3) is 0 Å². The van der Waals surface area contributed by atoms with Crippen LogP contribution in [0.15, 0.2) is 0 Å². The van der Waals surface area contributed by atoms with Crippen molar-refractivity contribution in [2.45, 2.75) is 6.04 Å². The Morgan fingerprint density at radius 3 is 1.74 bits per heavy atom. The standard InChI is InChI=1S/C10H15N2O.C5H5.Fe/c1-11-9(10(13)12(2)3)8-6-4-5-7-8;1-2-4-5-3-1;/h4-7,9,11H,1-3H3;1-5H;/q;;+2. The van der Waals surface area contributed by atoms with E-state index in [1.807, 2.05) is 57.8 Å². The predicted octanol–water partition coefficient (Wildman–Crippen LogP) is 1.09. The first kappa shape index (κ1) is 18.9. The van der Waals surface area contributed by atoms with Crippen molar-refractivity contribution in [2.75, 3.05) is 21.1 Å². The van der Waals surface area contributed by atoms with Crippen molar-refractivity contribution in [1.82, 2.24) is 10.2 Å². The molecule has 10 radical (unpaired) electrons. The van der Waals surface area contributed by atoms with Crippen molar-refractivity contribution in [3.8, 4) is 0 Å². The Bertz CT molecular complexity index is 229. The SMILES string of the molecule is CNC([C]1[CH][CH][CH][CH]1)C(=O)N(C)C.[CH]1[CH][CH][CH][CH]1.[Fe+2]. The molecule has 0 bridgehead atoms. The van der Waals surface area contributed by atoms with Crippen LogP contribution in [0.3, 0.4) is 0 Å². The summed E-state index contributed by atoms with van der Waals surface area (Å²) in [5.41, 5.74) is 0. The molecule has 0 saturated heterocycles. The first-order valence-corrected chi connectivity index (χ1v) is 5.93. The van der Waals surface area contributed by atoms with E-state index in [0.29, 0.717) is 0 Å². The van der Waals surface area contributed by atoms with Gasteiger partial charge in [0.15, 0.2) is 0 Å². The van der Waals surface area contributed by atoms with Crippen LogP contribution in [0, 0.1) is 63.7 Å². The molecule has 102 valence electrons. The van der Waals surface area contributed by atoms with E-state index in [1.165, 1.54) is 0 Å². The van der Waals surface area contributed by atoms with Gasteiger partial charge < -0.3 is 10.2 Å². The van der Waals surface area contributed by atoms with Crippen molar-refractivity contribution in [3.63, 3.8) is 0 Å². The molecule has 1 N–H and O–H groups in total. The van der Waals surface area contributed by atoms with Crippen molar-refractivity contribution < 1.29 is 21.9 Å². The third-order valence-corrected chi connectivity index (χ3v) is 2.55. The largest absolute Gasteiger partial charge is 2.00 e. The van der Waals surface area contributed by atoms with E-state index >= 15 is 0 Å². The van der Waals surface area contributed by atoms with Gasteiger partial charge in [0.1, 0.15) is 0 Å². The van der Waals surface area contributed by atoms with Crippen LogP contribution in [0.25, 0.3) is 0 Å². The zero-order valence-corrected chi connectivity index (χ0v) is 12.6. The second kappa shape index (κ2) is 10.7. The molecule has 0 aromatic rings. The molecule has 3 nitrogen and oxygen atoms in total. The normalized spacial score (nSPS) is 20.2. The number of rotatable bonds is 3. The summed E-state index contributed by atoms with van der Waals surface area (Å²) in [7, 11) is 5.31. The van der Waals surface area contributed by atoms with Gasteiger partial charge in [-0.25, -0.2) is 0 Å². The van der Waals surface area contributed by atoms with E-state index in [2.05, 4.69) is 5.32 Å². The summed E-state index contributed by atoms with van der Waals surface area (Å²) in [6, 6.07) is -0.218. The van der Waals surface area contributed by atoms with Crippen LogP contribution in [0.1, 0.15) is 0 Å². The van der Waals surface area contributed by atoms with Crippen LogP contribution < -0.4 is 5.32 Å². The summed E-state index contributed by atoms with van der Waals surface area (Å²) in [6.07, 6.45) is 17.8. The maximum absolute atomic E-state index is 11.6. The smallest absolute Gasteiger partial charge is 0.347 e. The van der Waals surface area contributed by atoms with Crippen molar-refractivity contribution >= 4 is 5.91 Å². The minimum Gasteiger partial charge on any atom is -0.347 e. The number of carbonyl (C=O) groups excluding carboxylic acids is 1. The summed E-state index contributed by atoms with van der Waals surface area (Å²) in [5, 5.41) is 2.99. The minimum absolute atomic E-state index is 0. The molecule has 0 aromatic heterocycles. The molecule has 1 amide bonds. The first-order valence-electron chi connectivity index (χ1n) is 5.93. The summed E-state index contributed by atoms with van der Waals surface area (Å²) in [6.45, 7) is 0. The topological polar surface area (TPSA) is 32.3 Å². The van der Waals surface area contributed by atoms with E-state index in [0.717, 1.165) is 5.92 Å². The molecule has 1 atom stereocenters. The van der Waals surface area contributed by atoms with Crippen molar-refractivity contribution in [2.24, 2.45) is 0 Å². The van der Waals surface area contributed by atoms with Gasteiger partial charge in [-0.15, -0.1) is 0 Å². The zero-order chi connectivity index (χ0) is 13.4. The Labute approximate surface area is 129 Å². The maximum Gasteiger partial charge on any atom is 2.00 e. The number of hydrogen-bond acceptors (Lipinski definition) is 2. The molecule has 2 aliphatic rings. The van der Waals surface area contributed by atoms with Crippen molar-refractivity contribution in [3.05, 3.63) is 63.7 Å². The molecule has 2 saturated carbocycles. The van der Waals surface area contributed by atoms with Gasteiger partial charge in [-0.05, 0) is 64.8 Å². The Morgan fingerprint density at radius 2 is 1.42 bits per heavy atom. The third kappa shape index (κ3) is 6.78. The Morgan fingerprint density at radius 1 is 1.00 bits per heavy atom. The molecule has 0 spiro atoms. The molecule has 0 aromatic carbocycles. The van der Waals surface area contributed by atoms with E-state index < -0.39 is 0 Å². The van der Waals surface area contributed by atoms with E-state index in [-0.39, 0.29) is 29.0 Å². The van der Waals surface area contributed by atoms with Crippen LogP contribution in [-0.4, -0.2) is 38.0 Å². The molecule has 4 heteroatoms. The van der Waals surface area contributed by atoms with Crippen LogP contribution in [0.5, 0.6) is 0 Å². The predicted molar refractivity (Wildman–Crippen MR) is 73.5 cm³/mol. The molecule has 2 fully saturated rings.